The minimum absolute atomic E-state index is 0.0230. The van der Waals surface area contributed by atoms with Crippen molar-refractivity contribution < 1.29 is 14.8 Å². The maximum Gasteiger partial charge on any atom is 0.269 e. The molecule has 2 aromatic carbocycles. The predicted octanol–water partition coefficient (Wildman–Crippen LogP) is 2.39. The average molecular weight is 328 g/mol. The molecule has 0 aromatic heterocycles. The normalized spacial score (nSPS) is 15.5. The Morgan fingerprint density at radius 1 is 1.17 bits per heavy atom. The van der Waals surface area contributed by atoms with Gasteiger partial charge in [0.1, 0.15) is 18.5 Å². The summed E-state index contributed by atoms with van der Waals surface area (Å²) in [6, 6.07) is 14.2. The molecule has 1 N–H and O–H groups in total. The van der Waals surface area contributed by atoms with Gasteiger partial charge in [-0.3, -0.25) is 15.0 Å². The molecule has 0 amide bonds. The van der Waals surface area contributed by atoms with E-state index in [1.807, 2.05) is 6.07 Å². The Morgan fingerprint density at radius 2 is 1.88 bits per heavy atom. The van der Waals surface area contributed by atoms with E-state index in [4.69, 9.17) is 4.74 Å². The van der Waals surface area contributed by atoms with Gasteiger partial charge in [0.05, 0.1) is 4.92 Å². The Hall–Kier alpha value is -2.44. The zero-order valence-electron chi connectivity index (χ0n) is 13.3. The quantitative estimate of drug-likeness (QED) is 0.651. The van der Waals surface area contributed by atoms with Crippen LogP contribution >= 0.6 is 0 Å². The van der Waals surface area contributed by atoms with Crippen molar-refractivity contribution in [2.24, 2.45) is 0 Å². The molecule has 1 heterocycles. The minimum Gasteiger partial charge on any atom is -0.491 e. The number of non-ortho nitro benzene ring substituents is 1. The van der Waals surface area contributed by atoms with E-state index in [9.17, 15) is 15.2 Å². The zero-order chi connectivity index (χ0) is 16.9. The van der Waals surface area contributed by atoms with Gasteiger partial charge in [-0.2, -0.15) is 0 Å². The Kier molecular flexibility index (Phi) is 5.08. The van der Waals surface area contributed by atoms with Crippen LogP contribution in [0.3, 0.4) is 0 Å². The highest BCUT2D eigenvalue weighted by Crippen LogP contribution is 2.19. The summed E-state index contributed by atoms with van der Waals surface area (Å²) in [7, 11) is 0. The van der Waals surface area contributed by atoms with Crippen LogP contribution in [0.15, 0.2) is 48.5 Å². The number of benzene rings is 2. The number of aliphatic hydroxyl groups excluding tert-OH is 1. The second-order valence-electron chi connectivity index (χ2n) is 5.97. The number of nitro benzene ring substituents is 1. The highest BCUT2D eigenvalue weighted by atomic mass is 16.6. The van der Waals surface area contributed by atoms with Crippen LogP contribution in [-0.2, 0) is 13.0 Å². The van der Waals surface area contributed by atoms with Crippen LogP contribution in [-0.4, -0.2) is 40.7 Å². The smallest absolute Gasteiger partial charge is 0.269 e. The molecule has 1 aliphatic heterocycles. The monoisotopic (exact) mass is 328 g/mol. The summed E-state index contributed by atoms with van der Waals surface area (Å²) >= 11 is 0. The highest BCUT2D eigenvalue weighted by Gasteiger charge is 2.18. The van der Waals surface area contributed by atoms with Crippen LogP contribution in [0.2, 0.25) is 0 Å². The van der Waals surface area contributed by atoms with Crippen molar-refractivity contribution in [1.29, 1.82) is 0 Å². The lowest BCUT2D eigenvalue weighted by atomic mass is 10.00. The molecule has 0 saturated carbocycles. The second kappa shape index (κ2) is 7.42. The van der Waals surface area contributed by atoms with E-state index in [2.05, 4.69) is 23.1 Å². The van der Waals surface area contributed by atoms with E-state index in [1.54, 1.807) is 12.1 Å². The maximum absolute atomic E-state index is 10.6. The standard InChI is InChI=1S/C18H20N2O4/c21-17(13-24-18-7-5-16(6-8-18)20(22)23)12-19-10-9-14-3-1-2-4-15(14)11-19/h1-8,17,21H,9-13H2/t17-/m0/s1. The molecule has 6 nitrogen and oxygen atoms in total. The molecule has 0 spiro atoms. The van der Waals surface area contributed by atoms with Crippen LogP contribution in [0.1, 0.15) is 11.1 Å². The first-order chi connectivity index (χ1) is 11.6. The molecule has 0 aliphatic carbocycles. The molecule has 1 aliphatic rings. The van der Waals surface area contributed by atoms with Gasteiger partial charge in [-0.05, 0) is 29.7 Å². The molecule has 126 valence electrons. The summed E-state index contributed by atoms with van der Waals surface area (Å²) in [4.78, 5) is 12.4. The summed E-state index contributed by atoms with van der Waals surface area (Å²) in [5, 5.41) is 20.8. The molecule has 24 heavy (non-hydrogen) atoms. The molecular formula is C18H20N2O4. The van der Waals surface area contributed by atoms with Crippen molar-refractivity contribution in [2.75, 3.05) is 19.7 Å². The fourth-order valence-corrected chi connectivity index (χ4v) is 2.92. The van der Waals surface area contributed by atoms with Crippen molar-refractivity contribution >= 4 is 5.69 Å². The molecule has 0 fully saturated rings. The molecule has 1 atom stereocenters. The van der Waals surface area contributed by atoms with Crippen LogP contribution in [0, 0.1) is 10.1 Å². The van der Waals surface area contributed by atoms with E-state index < -0.39 is 11.0 Å². The maximum atomic E-state index is 10.6. The third kappa shape index (κ3) is 4.10. The van der Waals surface area contributed by atoms with Crippen molar-refractivity contribution in [1.82, 2.24) is 4.90 Å². The molecule has 2 aromatic rings. The number of aliphatic hydroxyl groups is 1. The number of nitrogens with zero attached hydrogens (tertiary/aromatic N) is 2. The molecule has 0 saturated heterocycles. The lowest BCUT2D eigenvalue weighted by Gasteiger charge is -2.30. The molecule has 3 rings (SSSR count). The Bertz CT molecular complexity index is 702. The minimum atomic E-state index is -0.606. The number of nitro groups is 1. The zero-order valence-corrected chi connectivity index (χ0v) is 13.3. The van der Waals surface area contributed by atoms with Gasteiger partial charge in [0.15, 0.2) is 0 Å². The van der Waals surface area contributed by atoms with Gasteiger partial charge in [0.2, 0.25) is 0 Å². The number of hydrogen-bond donors (Lipinski definition) is 1. The highest BCUT2D eigenvalue weighted by molar-refractivity contribution is 5.36. The Labute approximate surface area is 140 Å². The second-order valence-corrected chi connectivity index (χ2v) is 5.97. The van der Waals surface area contributed by atoms with Crippen molar-refractivity contribution in [3.63, 3.8) is 0 Å². The Balaban J connectivity index is 1.48. The lowest BCUT2D eigenvalue weighted by molar-refractivity contribution is -0.384. The number of rotatable bonds is 6. The fraction of sp³-hybridized carbons (Fsp3) is 0.333. The van der Waals surface area contributed by atoms with E-state index in [-0.39, 0.29) is 12.3 Å². The van der Waals surface area contributed by atoms with Gasteiger partial charge in [0.25, 0.3) is 5.69 Å². The van der Waals surface area contributed by atoms with Crippen LogP contribution in [0.25, 0.3) is 0 Å². The van der Waals surface area contributed by atoms with Crippen LogP contribution in [0.4, 0.5) is 5.69 Å². The topological polar surface area (TPSA) is 75.8 Å². The summed E-state index contributed by atoms with van der Waals surface area (Å²) in [6.45, 7) is 2.47. The molecule has 6 heteroatoms. The van der Waals surface area contributed by atoms with Crippen LogP contribution in [0.5, 0.6) is 5.75 Å². The first kappa shape index (κ1) is 16.4. The third-order valence-electron chi connectivity index (χ3n) is 4.17. The number of β-amino-alcohol motifs (C(OH)–C–C–N with tert-alkyl or cyclic N) is 1. The fourth-order valence-electron chi connectivity index (χ4n) is 2.92. The van der Waals surface area contributed by atoms with Gasteiger partial charge < -0.3 is 9.84 Å². The van der Waals surface area contributed by atoms with Gasteiger partial charge >= 0.3 is 0 Å². The third-order valence-corrected chi connectivity index (χ3v) is 4.17. The average Bonchev–Trinajstić information content (AvgIpc) is 2.60. The van der Waals surface area contributed by atoms with Gasteiger partial charge in [0, 0.05) is 31.8 Å². The van der Waals surface area contributed by atoms with E-state index in [0.717, 1.165) is 19.5 Å². The predicted molar refractivity (Wildman–Crippen MR) is 90.0 cm³/mol. The summed E-state index contributed by atoms with van der Waals surface area (Å²) in [5.74, 6) is 0.517. The van der Waals surface area contributed by atoms with E-state index in [0.29, 0.717) is 12.3 Å². The van der Waals surface area contributed by atoms with E-state index in [1.165, 1.54) is 23.3 Å². The van der Waals surface area contributed by atoms with Gasteiger partial charge in [-0.15, -0.1) is 0 Å². The largest absolute Gasteiger partial charge is 0.491 e. The molecule has 0 unspecified atom stereocenters. The van der Waals surface area contributed by atoms with Crippen molar-refractivity contribution in [3.05, 3.63) is 69.8 Å². The first-order valence-electron chi connectivity index (χ1n) is 7.96. The number of ether oxygens (including phenoxy) is 1. The Morgan fingerprint density at radius 3 is 2.58 bits per heavy atom. The molecule has 0 radical (unpaired) electrons. The van der Waals surface area contributed by atoms with Gasteiger partial charge in [-0.1, -0.05) is 24.3 Å². The number of fused-ring (bicyclic) bond motifs is 1. The summed E-state index contributed by atoms with van der Waals surface area (Å²) < 4.78 is 5.51. The van der Waals surface area contributed by atoms with Gasteiger partial charge in [-0.25, -0.2) is 0 Å². The van der Waals surface area contributed by atoms with Crippen molar-refractivity contribution in [3.8, 4) is 5.75 Å². The SMILES string of the molecule is O=[N+]([O-])c1ccc(OC[C@@H](O)CN2CCc3ccccc3C2)cc1. The summed E-state index contributed by atoms with van der Waals surface area (Å²) in [5.41, 5.74) is 2.72. The number of hydrogen-bond acceptors (Lipinski definition) is 5. The van der Waals surface area contributed by atoms with Crippen LogP contribution < -0.4 is 4.74 Å². The summed E-state index contributed by atoms with van der Waals surface area (Å²) in [6.07, 6.45) is 0.386. The molecular weight excluding hydrogens is 308 g/mol. The van der Waals surface area contributed by atoms with Crippen molar-refractivity contribution in [2.45, 2.75) is 19.1 Å². The van der Waals surface area contributed by atoms with E-state index >= 15 is 0 Å². The lowest BCUT2D eigenvalue weighted by Crippen LogP contribution is -2.38. The first-order valence-corrected chi connectivity index (χ1v) is 7.96. The molecule has 0 bridgehead atoms.